The van der Waals surface area contributed by atoms with Gasteiger partial charge in [0.1, 0.15) is 10.2 Å². The maximum Gasteiger partial charge on any atom is 0.121 e. The van der Waals surface area contributed by atoms with Crippen LogP contribution >= 0.6 is 34.8 Å². The van der Waals surface area contributed by atoms with Crippen molar-refractivity contribution in [3.8, 4) is 5.75 Å². The van der Waals surface area contributed by atoms with E-state index < -0.39 is 0 Å². The van der Waals surface area contributed by atoms with E-state index in [4.69, 9.17) is 34.8 Å². The van der Waals surface area contributed by atoms with Crippen LogP contribution < -0.4 is 0 Å². The minimum absolute atomic E-state index is 0.0348. The number of allylic oxidation sites excluding steroid dienone is 1. The zero-order valence-electron chi connectivity index (χ0n) is 7.52. The quantitative estimate of drug-likeness (QED) is 0.838. The molecule has 14 heavy (non-hydrogen) atoms. The number of phenols is 1. The van der Waals surface area contributed by atoms with Crippen LogP contribution in [0.2, 0.25) is 0 Å². The maximum atomic E-state index is 9.50. The molecule has 1 N–H and O–H groups in total. The topological polar surface area (TPSA) is 20.2 Å². The van der Waals surface area contributed by atoms with Crippen molar-refractivity contribution < 1.29 is 5.11 Å². The normalized spacial score (nSPS) is 10.0. The number of aromatic hydroxyl groups is 1. The van der Waals surface area contributed by atoms with Crippen molar-refractivity contribution in [3.63, 3.8) is 0 Å². The van der Waals surface area contributed by atoms with Crippen LogP contribution in [0.3, 0.4) is 0 Å². The predicted octanol–water partition coefficient (Wildman–Crippen LogP) is 4.13. The molecule has 0 radical (unpaired) electrons. The molecule has 0 aliphatic carbocycles. The van der Waals surface area contributed by atoms with Crippen molar-refractivity contribution in [2.45, 2.75) is 13.3 Å². The first-order chi connectivity index (χ1) is 6.50. The molecule has 1 nitrogen and oxygen atoms in total. The van der Waals surface area contributed by atoms with Gasteiger partial charge in [-0.2, -0.15) is 0 Å². The average molecular weight is 252 g/mol. The molecule has 0 aliphatic heterocycles. The first-order valence-corrected chi connectivity index (χ1v) is 5.12. The highest BCUT2D eigenvalue weighted by molar-refractivity contribution is 6.59. The second-order valence-corrected chi connectivity index (χ2v) is 4.38. The summed E-state index contributed by atoms with van der Waals surface area (Å²) in [6.45, 7) is 1.93. The number of rotatable bonds is 2. The molecule has 1 rings (SSSR count). The molecule has 76 valence electrons. The van der Waals surface area contributed by atoms with Crippen LogP contribution in [-0.2, 0) is 6.42 Å². The highest BCUT2D eigenvalue weighted by Crippen LogP contribution is 2.26. The number of phenolic OH excluding ortho intramolecular Hbond substituents is 1. The second-order valence-electron chi connectivity index (χ2n) is 2.97. The molecule has 0 aliphatic rings. The van der Waals surface area contributed by atoms with Crippen molar-refractivity contribution in [1.29, 1.82) is 0 Å². The summed E-state index contributed by atoms with van der Waals surface area (Å²) in [5.74, 6) is 0.198. The molecular formula is C10H9Cl3O. The fraction of sp³-hybridized carbons (Fsp3) is 0.200. The lowest BCUT2D eigenvalue weighted by Crippen LogP contribution is -1.88. The average Bonchev–Trinajstić information content (AvgIpc) is 2.11. The first-order valence-electron chi connectivity index (χ1n) is 3.99. The Morgan fingerprint density at radius 3 is 2.50 bits per heavy atom. The zero-order valence-corrected chi connectivity index (χ0v) is 9.79. The molecule has 0 spiro atoms. The third-order valence-corrected chi connectivity index (χ3v) is 2.76. The summed E-state index contributed by atoms with van der Waals surface area (Å²) in [5.41, 5.74) is 1.77. The third-order valence-electron chi connectivity index (χ3n) is 1.79. The number of benzene rings is 1. The number of aryl methyl sites for hydroxylation is 1. The van der Waals surface area contributed by atoms with Crippen LogP contribution in [0.1, 0.15) is 11.1 Å². The van der Waals surface area contributed by atoms with E-state index in [-0.39, 0.29) is 10.2 Å². The lowest BCUT2D eigenvalue weighted by atomic mass is 10.1. The van der Waals surface area contributed by atoms with E-state index in [9.17, 15) is 5.11 Å². The van der Waals surface area contributed by atoms with E-state index in [1.54, 1.807) is 6.07 Å². The fourth-order valence-corrected chi connectivity index (χ4v) is 1.37. The van der Waals surface area contributed by atoms with E-state index in [2.05, 4.69) is 0 Å². The summed E-state index contributed by atoms with van der Waals surface area (Å²) in [6.07, 6.45) is 0.345. The number of hydrogen-bond acceptors (Lipinski definition) is 1. The van der Waals surface area contributed by atoms with Crippen LogP contribution in [0.4, 0.5) is 0 Å². The molecule has 0 atom stereocenters. The fourth-order valence-electron chi connectivity index (χ4n) is 1.09. The van der Waals surface area contributed by atoms with Crippen LogP contribution in [0.15, 0.2) is 27.7 Å². The van der Waals surface area contributed by atoms with E-state index in [0.29, 0.717) is 17.0 Å². The molecule has 0 saturated heterocycles. The van der Waals surface area contributed by atoms with Crippen LogP contribution in [-0.4, -0.2) is 5.11 Å². The van der Waals surface area contributed by atoms with Gasteiger partial charge >= 0.3 is 0 Å². The Hall–Kier alpha value is -0.370. The Bertz CT molecular complexity index is 368. The van der Waals surface area contributed by atoms with Crippen molar-refractivity contribution in [2.75, 3.05) is 0 Å². The Balaban J connectivity index is 2.97. The van der Waals surface area contributed by atoms with Crippen molar-refractivity contribution >= 4 is 34.8 Å². The van der Waals surface area contributed by atoms with Gasteiger partial charge in [0.2, 0.25) is 0 Å². The Kier molecular flexibility index (Phi) is 4.11. The largest absolute Gasteiger partial charge is 0.508 e. The van der Waals surface area contributed by atoms with Crippen molar-refractivity contribution in [1.82, 2.24) is 0 Å². The minimum atomic E-state index is 0.0348. The van der Waals surface area contributed by atoms with Gasteiger partial charge < -0.3 is 5.11 Å². The monoisotopic (exact) mass is 250 g/mol. The van der Waals surface area contributed by atoms with Gasteiger partial charge in [0.15, 0.2) is 0 Å². The molecule has 0 aromatic heterocycles. The molecule has 1 aromatic rings. The van der Waals surface area contributed by atoms with Gasteiger partial charge in [0, 0.05) is 6.42 Å². The van der Waals surface area contributed by atoms with Crippen LogP contribution in [0.5, 0.6) is 5.75 Å². The van der Waals surface area contributed by atoms with Gasteiger partial charge in [0.25, 0.3) is 0 Å². The molecule has 0 amide bonds. The van der Waals surface area contributed by atoms with E-state index in [1.165, 1.54) is 0 Å². The van der Waals surface area contributed by atoms with E-state index in [1.807, 2.05) is 19.1 Å². The van der Waals surface area contributed by atoms with Crippen LogP contribution in [0, 0.1) is 6.92 Å². The SMILES string of the molecule is Cc1ccc(O)c(CC(Cl)=C(Cl)Cl)c1. The molecule has 0 fully saturated rings. The molecular weight excluding hydrogens is 242 g/mol. The smallest absolute Gasteiger partial charge is 0.121 e. The Labute approximate surface area is 97.9 Å². The van der Waals surface area contributed by atoms with Gasteiger partial charge in [-0.25, -0.2) is 0 Å². The molecule has 4 heteroatoms. The highest BCUT2D eigenvalue weighted by atomic mass is 35.5. The Morgan fingerprint density at radius 1 is 1.29 bits per heavy atom. The maximum absolute atomic E-state index is 9.50. The highest BCUT2D eigenvalue weighted by Gasteiger charge is 2.05. The van der Waals surface area contributed by atoms with Gasteiger partial charge in [0.05, 0.1) is 5.03 Å². The predicted molar refractivity (Wildman–Crippen MR) is 61.1 cm³/mol. The van der Waals surface area contributed by atoms with Crippen molar-refractivity contribution in [2.24, 2.45) is 0 Å². The lowest BCUT2D eigenvalue weighted by molar-refractivity contribution is 0.469. The van der Waals surface area contributed by atoms with Gasteiger partial charge in [-0.05, 0) is 18.6 Å². The summed E-state index contributed by atoms with van der Waals surface area (Å²) in [7, 11) is 0. The zero-order chi connectivity index (χ0) is 10.7. The number of hydrogen-bond donors (Lipinski definition) is 1. The van der Waals surface area contributed by atoms with Crippen molar-refractivity contribution in [3.05, 3.63) is 38.8 Å². The van der Waals surface area contributed by atoms with Gasteiger partial charge in [-0.15, -0.1) is 0 Å². The minimum Gasteiger partial charge on any atom is -0.508 e. The summed E-state index contributed by atoms with van der Waals surface area (Å²) in [5, 5.41) is 9.83. The second kappa shape index (κ2) is 4.92. The van der Waals surface area contributed by atoms with E-state index >= 15 is 0 Å². The Morgan fingerprint density at radius 2 is 1.93 bits per heavy atom. The summed E-state index contributed by atoms with van der Waals surface area (Å²) in [4.78, 5) is 0. The molecule has 0 saturated carbocycles. The summed E-state index contributed by atoms with van der Waals surface area (Å²) in [6, 6.07) is 5.28. The van der Waals surface area contributed by atoms with Gasteiger partial charge in [-0.3, -0.25) is 0 Å². The molecule has 1 aromatic carbocycles. The van der Waals surface area contributed by atoms with Gasteiger partial charge in [-0.1, -0.05) is 52.5 Å². The van der Waals surface area contributed by atoms with Crippen LogP contribution in [0.25, 0.3) is 0 Å². The molecule has 0 heterocycles. The molecule has 0 bridgehead atoms. The standard InChI is InChI=1S/C10H9Cl3O/c1-6-2-3-9(14)7(4-6)5-8(11)10(12)13/h2-4,14H,5H2,1H3. The lowest BCUT2D eigenvalue weighted by Gasteiger charge is -2.04. The summed E-state index contributed by atoms with van der Waals surface area (Å²) < 4.78 is 0.0348. The third kappa shape index (κ3) is 3.09. The first kappa shape index (κ1) is 11.7. The summed E-state index contributed by atoms with van der Waals surface area (Å²) >= 11 is 16.8. The van der Waals surface area contributed by atoms with E-state index in [0.717, 1.165) is 5.56 Å². The molecule has 0 unspecified atom stereocenters. The number of halogens is 3.